The van der Waals surface area contributed by atoms with Crippen LogP contribution in [0, 0.1) is 0 Å². The van der Waals surface area contributed by atoms with E-state index in [0.29, 0.717) is 6.61 Å². The summed E-state index contributed by atoms with van der Waals surface area (Å²) in [6.07, 6.45) is 10.4. The number of piperidine rings is 1. The smallest absolute Gasteiger partial charge is 0.138 e. The number of hydrogen-bond donors (Lipinski definition) is 1. The van der Waals surface area contributed by atoms with Crippen molar-refractivity contribution in [3.05, 3.63) is 42.7 Å². The fourth-order valence-corrected chi connectivity index (χ4v) is 3.57. The number of aromatic amines is 1. The second kappa shape index (κ2) is 6.29. The van der Waals surface area contributed by atoms with E-state index in [1.165, 1.54) is 5.69 Å². The van der Waals surface area contributed by atoms with Crippen molar-refractivity contribution in [1.82, 2.24) is 19.9 Å². The number of nitrogens with one attached hydrogen (secondary N) is 1. The molecule has 23 heavy (non-hydrogen) atoms. The molecule has 4 rings (SSSR count). The number of H-pyrrole nitrogens is 1. The Bertz CT molecular complexity index is 609. The Morgan fingerprint density at radius 1 is 1.30 bits per heavy atom. The molecule has 2 fully saturated rings. The normalized spacial score (nSPS) is 24.1. The van der Waals surface area contributed by atoms with Crippen molar-refractivity contribution in [3.8, 4) is 5.75 Å². The van der Waals surface area contributed by atoms with E-state index in [9.17, 15) is 0 Å². The summed E-state index contributed by atoms with van der Waals surface area (Å²) in [5.41, 5.74) is 1.17. The summed E-state index contributed by atoms with van der Waals surface area (Å²) in [5.74, 6) is 0.829. The summed E-state index contributed by atoms with van der Waals surface area (Å²) in [7, 11) is 0. The van der Waals surface area contributed by atoms with E-state index in [1.807, 2.05) is 18.3 Å². The van der Waals surface area contributed by atoms with Gasteiger partial charge in [0.15, 0.2) is 0 Å². The molecule has 2 aromatic heterocycles. The summed E-state index contributed by atoms with van der Waals surface area (Å²) in [6, 6.07) is 3.85. The van der Waals surface area contributed by atoms with Gasteiger partial charge in [-0.1, -0.05) is 0 Å². The lowest BCUT2D eigenvalue weighted by molar-refractivity contribution is -0.0456. The van der Waals surface area contributed by atoms with Crippen LogP contribution in [0.2, 0.25) is 0 Å². The van der Waals surface area contributed by atoms with Gasteiger partial charge < -0.3 is 14.5 Å². The Morgan fingerprint density at radius 2 is 2.22 bits per heavy atom. The number of nitrogens with zero attached hydrogens (tertiary/aromatic N) is 3. The molecule has 1 atom stereocenters. The fourth-order valence-electron chi connectivity index (χ4n) is 3.57. The van der Waals surface area contributed by atoms with Crippen LogP contribution in [0.1, 0.15) is 25.0 Å². The van der Waals surface area contributed by atoms with Gasteiger partial charge in [-0.05, 0) is 25.0 Å². The zero-order valence-corrected chi connectivity index (χ0v) is 13.1. The molecule has 0 bridgehead atoms. The minimum atomic E-state index is -0.00262. The SMILES string of the molecule is c1cncc(OC2COC3(CCN(Cc4cnc[nH]4)CC3)C2)c1. The number of likely N-dealkylation sites (tertiary alicyclic amines) is 1. The van der Waals surface area contributed by atoms with E-state index < -0.39 is 0 Å². The summed E-state index contributed by atoms with van der Waals surface area (Å²) < 4.78 is 12.2. The molecule has 2 aliphatic heterocycles. The van der Waals surface area contributed by atoms with Crippen molar-refractivity contribution in [2.75, 3.05) is 19.7 Å². The van der Waals surface area contributed by atoms with Crippen molar-refractivity contribution in [2.24, 2.45) is 0 Å². The van der Waals surface area contributed by atoms with Crippen molar-refractivity contribution in [3.63, 3.8) is 0 Å². The molecule has 122 valence electrons. The Kier molecular flexibility index (Phi) is 4.01. The number of imidazole rings is 1. The third-order valence-corrected chi connectivity index (χ3v) is 4.83. The Labute approximate surface area is 135 Å². The van der Waals surface area contributed by atoms with Crippen LogP contribution in [-0.4, -0.2) is 51.3 Å². The maximum absolute atomic E-state index is 6.16. The van der Waals surface area contributed by atoms with Crippen LogP contribution < -0.4 is 4.74 Å². The zero-order chi connectivity index (χ0) is 15.5. The molecule has 0 amide bonds. The highest BCUT2D eigenvalue weighted by molar-refractivity contribution is 5.16. The van der Waals surface area contributed by atoms with Crippen LogP contribution >= 0.6 is 0 Å². The summed E-state index contributed by atoms with van der Waals surface area (Å²) >= 11 is 0. The number of pyridine rings is 1. The van der Waals surface area contributed by atoms with Crippen LogP contribution in [-0.2, 0) is 11.3 Å². The first kappa shape index (κ1) is 14.7. The lowest BCUT2D eigenvalue weighted by atomic mass is 9.88. The van der Waals surface area contributed by atoms with E-state index in [0.717, 1.165) is 44.6 Å². The van der Waals surface area contributed by atoms with Crippen molar-refractivity contribution >= 4 is 0 Å². The summed E-state index contributed by atoms with van der Waals surface area (Å²) in [6.45, 7) is 3.72. The molecule has 2 aliphatic rings. The molecular weight excluding hydrogens is 292 g/mol. The number of aromatic nitrogens is 3. The lowest BCUT2D eigenvalue weighted by Gasteiger charge is -2.38. The van der Waals surface area contributed by atoms with Gasteiger partial charge in [-0.25, -0.2) is 4.98 Å². The lowest BCUT2D eigenvalue weighted by Crippen LogP contribution is -2.44. The fraction of sp³-hybridized carbons (Fsp3) is 0.529. The monoisotopic (exact) mass is 314 g/mol. The Morgan fingerprint density at radius 3 is 2.96 bits per heavy atom. The average molecular weight is 314 g/mol. The Balaban J connectivity index is 1.29. The molecule has 0 aliphatic carbocycles. The van der Waals surface area contributed by atoms with E-state index in [-0.39, 0.29) is 11.7 Å². The Hall–Kier alpha value is -1.92. The van der Waals surface area contributed by atoms with Crippen LogP contribution in [0.4, 0.5) is 0 Å². The van der Waals surface area contributed by atoms with E-state index in [2.05, 4.69) is 19.9 Å². The standard InChI is InChI=1S/C17H22N4O2/c1-2-15(10-18-5-1)23-16-8-17(22-12-16)3-6-21(7-4-17)11-14-9-19-13-20-14/h1-2,5,9-10,13,16H,3-4,6-8,11-12H2,(H,19,20). The molecule has 4 heterocycles. The van der Waals surface area contributed by atoms with Crippen molar-refractivity contribution in [1.29, 1.82) is 0 Å². The first-order chi connectivity index (χ1) is 11.3. The van der Waals surface area contributed by atoms with Crippen molar-refractivity contribution < 1.29 is 9.47 Å². The summed E-state index contributed by atoms with van der Waals surface area (Å²) in [4.78, 5) is 13.8. The molecule has 2 saturated heterocycles. The quantitative estimate of drug-likeness (QED) is 0.935. The molecule has 0 radical (unpaired) electrons. The molecule has 0 saturated carbocycles. The van der Waals surface area contributed by atoms with Gasteiger partial charge in [-0.2, -0.15) is 0 Å². The van der Waals surface area contributed by atoms with Gasteiger partial charge in [0, 0.05) is 44.1 Å². The molecule has 1 unspecified atom stereocenters. The van der Waals surface area contributed by atoms with Gasteiger partial charge in [-0.15, -0.1) is 0 Å². The van der Waals surface area contributed by atoms with Crippen molar-refractivity contribution in [2.45, 2.75) is 37.5 Å². The highest BCUT2D eigenvalue weighted by atomic mass is 16.6. The first-order valence-corrected chi connectivity index (χ1v) is 8.22. The second-order valence-corrected chi connectivity index (χ2v) is 6.48. The molecular formula is C17H22N4O2. The largest absolute Gasteiger partial charge is 0.486 e. The van der Waals surface area contributed by atoms with Crippen LogP contribution in [0.5, 0.6) is 5.75 Å². The van der Waals surface area contributed by atoms with Crippen LogP contribution in [0.3, 0.4) is 0 Å². The minimum Gasteiger partial charge on any atom is -0.486 e. The van der Waals surface area contributed by atoms with E-state index in [4.69, 9.17) is 9.47 Å². The maximum Gasteiger partial charge on any atom is 0.138 e. The number of ether oxygens (including phenoxy) is 2. The van der Waals surface area contributed by atoms with Gasteiger partial charge in [-0.3, -0.25) is 9.88 Å². The molecule has 0 aromatic carbocycles. The molecule has 1 N–H and O–H groups in total. The minimum absolute atomic E-state index is 0.00262. The van der Waals surface area contributed by atoms with Gasteiger partial charge in [0.2, 0.25) is 0 Å². The predicted octanol–water partition coefficient (Wildman–Crippen LogP) is 2.01. The predicted molar refractivity (Wildman–Crippen MR) is 85.1 cm³/mol. The van der Waals surface area contributed by atoms with Crippen LogP contribution in [0.25, 0.3) is 0 Å². The highest BCUT2D eigenvalue weighted by Gasteiger charge is 2.43. The molecule has 6 nitrogen and oxygen atoms in total. The average Bonchev–Trinajstić information content (AvgIpc) is 3.22. The van der Waals surface area contributed by atoms with Gasteiger partial charge >= 0.3 is 0 Å². The summed E-state index contributed by atoms with van der Waals surface area (Å²) in [5, 5.41) is 0. The second-order valence-electron chi connectivity index (χ2n) is 6.48. The first-order valence-electron chi connectivity index (χ1n) is 8.22. The molecule has 6 heteroatoms. The van der Waals surface area contributed by atoms with E-state index in [1.54, 1.807) is 18.7 Å². The van der Waals surface area contributed by atoms with Crippen LogP contribution in [0.15, 0.2) is 37.1 Å². The van der Waals surface area contributed by atoms with E-state index >= 15 is 0 Å². The number of rotatable bonds is 4. The topological polar surface area (TPSA) is 63.3 Å². The third-order valence-electron chi connectivity index (χ3n) is 4.83. The zero-order valence-electron chi connectivity index (χ0n) is 13.1. The maximum atomic E-state index is 6.16. The van der Waals surface area contributed by atoms with Gasteiger partial charge in [0.25, 0.3) is 0 Å². The molecule has 1 spiro atoms. The number of hydrogen-bond acceptors (Lipinski definition) is 5. The molecule has 2 aromatic rings. The van der Waals surface area contributed by atoms with Gasteiger partial charge in [0.05, 0.1) is 24.7 Å². The highest BCUT2D eigenvalue weighted by Crippen LogP contribution is 2.37. The third kappa shape index (κ3) is 3.38. The van der Waals surface area contributed by atoms with Gasteiger partial charge in [0.1, 0.15) is 11.9 Å².